The Morgan fingerprint density at radius 1 is 1.31 bits per heavy atom. The molecule has 0 N–H and O–H groups in total. The lowest BCUT2D eigenvalue weighted by Gasteiger charge is -2.38. The molecule has 0 spiro atoms. The van der Waals surface area contributed by atoms with Crippen LogP contribution in [0, 0.1) is 6.92 Å². The van der Waals surface area contributed by atoms with Crippen molar-refractivity contribution >= 4 is 5.91 Å². The molecule has 0 radical (unpaired) electrons. The first-order valence-electron chi connectivity index (χ1n) is 5.98. The van der Waals surface area contributed by atoms with Crippen molar-refractivity contribution in [2.24, 2.45) is 0 Å². The number of carbonyl (C=O) groups excluding carboxylic acids is 1. The summed E-state index contributed by atoms with van der Waals surface area (Å²) < 4.78 is 5.40. The van der Waals surface area contributed by atoms with Crippen LogP contribution in [0.5, 0.6) is 0 Å². The fourth-order valence-corrected chi connectivity index (χ4v) is 2.50. The lowest BCUT2D eigenvalue weighted by Crippen LogP contribution is -2.47. The molecule has 3 heteroatoms. The van der Waals surface area contributed by atoms with E-state index in [2.05, 4.69) is 13.8 Å². The largest absolute Gasteiger partial charge is 0.456 e. The van der Waals surface area contributed by atoms with Gasteiger partial charge in [0.25, 0.3) is 5.91 Å². The molecule has 0 aromatic carbocycles. The molecular formula is C13H19NO2. The Kier molecular flexibility index (Phi) is 3.03. The smallest absolute Gasteiger partial charge is 0.290 e. The van der Waals surface area contributed by atoms with Gasteiger partial charge in [0.1, 0.15) is 5.76 Å². The predicted molar refractivity (Wildman–Crippen MR) is 62.4 cm³/mol. The van der Waals surface area contributed by atoms with Gasteiger partial charge in [0, 0.05) is 12.1 Å². The van der Waals surface area contributed by atoms with Gasteiger partial charge in [0.05, 0.1) is 0 Å². The highest BCUT2D eigenvalue weighted by Crippen LogP contribution is 2.25. The normalized spacial score (nSPS) is 25.8. The van der Waals surface area contributed by atoms with E-state index in [9.17, 15) is 4.79 Å². The second-order valence-corrected chi connectivity index (χ2v) is 4.75. The molecule has 2 unspecified atom stereocenters. The number of furan rings is 1. The van der Waals surface area contributed by atoms with Crippen molar-refractivity contribution in [3.8, 4) is 0 Å². The molecule has 2 rings (SSSR count). The van der Waals surface area contributed by atoms with Crippen LogP contribution in [0.15, 0.2) is 16.5 Å². The molecular weight excluding hydrogens is 202 g/mol. The Morgan fingerprint density at radius 3 is 2.44 bits per heavy atom. The molecule has 1 aliphatic heterocycles. The van der Waals surface area contributed by atoms with Crippen LogP contribution in [0.4, 0.5) is 0 Å². The SMILES string of the molecule is Cc1ccc(C(=O)N2C(C)CCCC2C)o1. The molecule has 88 valence electrons. The molecule has 2 heterocycles. The van der Waals surface area contributed by atoms with Gasteiger partial charge < -0.3 is 9.32 Å². The standard InChI is InChI=1S/C13H19NO2/c1-9-5-4-6-10(2)14(9)13(15)12-8-7-11(3)16-12/h7-10H,4-6H2,1-3H3. The van der Waals surface area contributed by atoms with Crippen molar-refractivity contribution in [3.63, 3.8) is 0 Å². The Morgan fingerprint density at radius 2 is 1.94 bits per heavy atom. The van der Waals surface area contributed by atoms with Crippen LogP contribution in [0.1, 0.15) is 49.4 Å². The summed E-state index contributed by atoms with van der Waals surface area (Å²) >= 11 is 0. The van der Waals surface area contributed by atoms with E-state index < -0.39 is 0 Å². The Hall–Kier alpha value is -1.25. The van der Waals surface area contributed by atoms with Crippen LogP contribution < -0.4 is 0 Å². The van der Waals surface area contributed by atoms with Crippen LogP contribution in [-0.2, 0) is 0 Å². The topological polar surface area (TPSA) is 33.5 Å². The van der Waals surface area contributed by atoms with Crippen molar-refractivity contribution in [2.75, 3.05) is 0 Å². The third-order valence-corrected chi connectivity index (χ3v) is 3.38. The van der Waals surface area contributed by atoms with Crippen LogP contribution in [0.3, 0.4) is 0 Å². The van der Waals surface area contributed by atoms with Gasteiger partial charge in [0.2, 0.25) is 0 Å². The second-order valence-electron chi connectivity index (χ2n) is 4.75. The van der Waals surface area contributed by atoms with Crippen molar-refractivity contribution in [2.45, 2.75) is 52.1 Å². The van der Waals surface area contributed by atoms with Crippen molar-refractivity contribution < 1.29 is 9.21 Å². The molecule has 1 amide bonds. The molecule has 0 saturated carbocycles. The number of amides is 1. The van der Waals surface area contributed by atoms with Gasteiger partial charge >= 0.3 is 0 Å². The highest BCUT2D eigenvalue weighted by molar-refractivity contribution is 5.92. The maximum Gasteiger partial charge on any atom is 0.290 e. The fourth-order valence-electron chi connectivity index (χ4n) is 2.50. The highest BCUT2D eigenvalue weighted by atomic mass is 16.3. The lowest BCUT2D eigenvalue weighted by atomic mass is 9.97. The number of aryl methyl sites for hydroxylation is 1. The van der Waals surface area contributed by atoms with E-state index in [0.29, 0.717) is 17.8 Å². The van der Waals surface area contributed by atoms with Crippen molar-refractivity contribution in [1.29, 1.82) is 0 Å². The number of hydrogen-bond acceptors (Lipinski definition) is 2. The molecule has 0 aliphatic carbocycles. The molecule has 1 aromatic heterocycles. The minimum atomic E-state index is 0.0350. The summed E-state index contributed by atoms with van der Waals surface area (Å²) in [6.45, 7) is 6.09. The summed E-state index contributed by atoms with van der Waals surface area (Å²) in [5.41, 5.74) is 0. The second kappa shape index (κ2) is 4.32. The monoisotopic (exact) mass is 221 g/mol. The molecule has 1 aromatic rings. The Labute approximate surface area is 96.4 Å². The van der Waals surface area contributed by atoms with E-state index in [1.165, 1.54) is 6.42 Å². The first kappa shape index (κ1) is 11.2. The van der Waals surface area contributed by atoms with Gasteiger partial charge in [-0.2, -0.15) is 0 Å². The summed E-state index contributed by atoms with van der Waals surface area (Å²) in [5.74, 6) is 1.30. The Bertz CT molecular complexity index is 373. The quantitative estimate of drug-likeness (QED) is 0.730. The Balaban J connectivity index is 2.19. The number of nitrogens with zero attached hydrogens (tertiary/aromatic N) is 1. The number of carbonyl (C=O) groups is 1. The van der Waals surface area contributed by atoms with Crippen LogP contribution >= 0.6 is 0 Å². The van der Waals surface area contributed by atoms with Gasteiger partial charge in [-0.25, -0.2) is 0 Å². The minimum absolute atomic E-state index is 0.0350. The minimum Gasteiger partial charge on any atom is -0.456 e. The van der Waals surface area contributed by atoms with Gasteiger partial charge in [-0.1, -0.05) is 0 Å². The average Bonchev–Trinajstić information content (AvgIpc) is 2.64. The van der Waals surface area contributed by atoms with Crippen molar-refractivity contribution in [3.05, 3.63) is 23.7 Å². The zero-order chi connectivity index (χ0) is 11.7. The summed E-state index contributed by atoms with van der Waals surface area (Å²) in [5, 5.41) is 0. The summed E-state index contributed by atoms with van der Waals surface area (Å²) in [6.07, 6.45) is 3.40. The summed E-state index contributed by atoms with van der Waals surface area (Å²) in [4.78, 5) is 14.2. The van der Waals surface area contributed by atoms with Gasteiger partial charge in [-0.15, -0.1) is 0 Å². The average molecular weight is 221 g/mol. The maximum atomic E-state index is 12.3. The van der Waals surface area contributed by atoms with Gasteiger partial charge in [0.15, 0.2) is 5.76 Å². The summed E-state index contributed by atoms with van der Waals surface area (Å²) in [7, 11) is 0. The molecule has 16 heavy (non-hydrogen) atoms. The highest BCUT2D eigenvalue weighted by Gasteiger charge is 2.30. The zero-order valence-electron chi connectivity index (χ0n) is 10.2. The van der Waals surface area contributed by atoms with Crippen LogP contribution in [-0.4, -0.2) is 22.9 Å². The summed E-state index contributed by atoms with van der Waals surface area (Å²) in [6, 6.07) is 4.25. The third kappa shape index (κ3) is 1.99. The van der Waals surface area contributed by atoms with E-state index in [4.69, 9.17) is 4.42 Å². The van der Waals surface area contributed by atoms with E-state index >= 15 is 0 Å². The molecule has 1 fully saturated rings. The number of hydrogen-bond donors (Lipinski definition) is 0. The van der Waals surface area contributed by atoms with Gasteiger partial charge in [-0.3, -0.25) is 4.79 Å². The third-order valence-electron chi connectivity index (χ3n) is 3.38. The first-order chi connectivity index (χ1) is 7.59. The maximum absolute atomic E-state index is 12.3. The fraction of sp³-hybridized carbons (Fsp3) is 0.615. The van der Waals surface area contributed by atoms with Gasteiger partial charge in [-0.05, 0) is 52.2 Å². The van der Waals surface area contributed by atoms with E-state index in [0.717, 1.165) is 18.6 Å². The number of rotatable bonds is 1. The molecule has 1 aliphatic rings. The lowest BCUT2D eigenvalue weighted by molar-refractivity contribution is 0.0477. The predicted octanol–water partition coefficient (Wildman–Crippen LogP) is 2.99. The molecule has 2 atom stereocenters. The van der Waals surface area contributed by atoms with E-state index in [1.807, 2.05) is 17.9 Å². The molecule has 0 bridgehead atoms. The van der Waals surface area contributed by atoms with Crippen molar-refractivity contribution in [1.82, 2.24) is 4.90 Å². The van der Waals surface area contributed by atoms with Crippen LogP contribution in [0.2, 0.25) is 0 Å². The number of piperidine rings is 1. The molecule has 1 saturated heterocycles. The van der Waals surface area contributed by atoms with Crippen LogP contribution in [0.25, 0.3) is 0 Å². The zero-order valence-corrected chi connectivity index (χ0v) is 10.2. The first-order valence-corrected chi connectivity index (χ1v) is 5.98. The molecule has 3 nitrogen and oxygen atoms in total. The van der Waals surface area contributed by atoms with E-state index in [-0.39, 0.29) is 5.91 Å². The number of likely N-dealkylation sites (tertiary alicyclic amines) is 1. The van der Waals surface area contributed by atoms with E-state index in [1.54, 1.807) is 6.07 Å².